The number of nitrogens with one attached hydrogen (secondary N) is 2. The highest BCUT2D eigenvalue weighted by molar-refractivity contribution is 5.79. The summed E-state index contributed by atoms with van der Waals surface area (Å²) in [5.41, 5.74) is 3.54. The van der Waals surface area contributed by atoms with Crippen LogP contribution in [0, 0.1) is 0 Å². The number of pyridine rings is 1. The van der Waals surface area contributed by atoms with Gasteiger partial charge in [0.2, 0.25) is 0 Å². The van der Waals surface area contributed by atoms with Crippen molar-refractivity contribution in [2.45, 2.75) is 32.6 Å². The number of fused-ring (bicyclic) bond motifs is 2. The average molecular weight is 393 g/mol. The lowest BCUT2D eigenvalue weighted by atomic mass is 10.1. The van der Waals surface area contributed by atoms with Crippen molar-refractivity contribution in [3.8, 4) is 5.75 Å². The molecule has 2 aromatic heterocycles. The van der Waals surface area contributed by atoms with Gasteiger partial charge in [0.15, 0.2) is 11.6 Å². The Morgan fingerprint density at radius 2 is 2.14 bits per heavy atom. The number of hydrogen-bond donors (Lipinski definition) is 2. The summed E-state index contributed by atoms with van der Waals surface area (Å²) in [5.74, 6) is 2.88. The van der Waals surface area contributed by atoms with Gasteiger partial charge in [-0.1, -0.05) is 18.2 Å². The second-order valence-corrected chi connectivity index (χ2v) is 7.13. The molecule has 0 atom stereocenters. The van der Waals surface area contributed by atoms with Crippen LogP contribution in [-0.4, -0.2) is 46.8 Å². The zero-order valence-corrected chi connectivity index (χ0v) is 16.9. The van der Waals surface area contributed by atoms with Crippen molar-refractivity contribution in [3.63, 3.8) is 0 Å². The van der Waals surface area contributed by atoms with Crippen LogP contribution in [0.5, 0.6) is 5.75 Å². The summed E-state index contributed by atoms with van der Waals surface area (Å²) in [4.78, 5) is 4.70. The monoisotopic (exact) mass is 392 g/mol. The lowest BCUT2D eigenvalue weighted by Crippen LogP contribution is -2.38. The van der Waals surface area contributed by atoms with Gasteiger partial charge in [0, 0.05) is 38.7 Å². The van der Waals surface area contributed by atoms with E-state index in [1.165, 1.54) is 11.1 Å². The normalized spacial score (nSPS) is 13.3. The highest BCUT2D eigenvalue weighted by Gasteiger charge is 2.11. The third kappa shape index (κ3) is 4.85. The van der Waals surface area contributed by atoms with E-state index in [0.29, 0.717) is 0 Å². The zero-order chi connectivity index (χ0) is 19.9. The van der Waals surface area contributed by atoms with E-state index in [0.717, 1.165) is 75.1 Å². The average Bonchev–Trinajstić information content (AvgIpc) is 3.37. The maximum Gasteiger partial charge on any atom is 0.191 e. The molecule has 0 spiro atoms. The Bertz CT molecular complexity index is 980. The molecule has 1 aliphatic rings. The minimum Gasteiger partial charge on any atom is -0.493 e. The number of guanidine groups is 1. The first-order valence-electron chi connectivity index (χ1n) is 10.4. The summed E-state index contributed by atoms with van der Waals surface area (Å²) in [6.07, 6.45) is 5.76. The smallest absolute Gasteiger partial charge is 0.191 e. The highest BCUT2D eigenvalue weighted by Crippen LogP contribution is 2.25. The van der Waals surface area contributed by atoms with E-state index in [2.05, 4.69) is 46.0 Å². The third-order valence-electron chi connectivity index (χ3n) is 5.02. The summed E-state index contributed by atoms with van der Waals surface area (Å²) in [5, 5.41) is 15.2. The molecule has 0 amide bonds. The van der Waals surface area contributed by atoms with Crippen molar-refractivity contribution in [2.24, 2.45) is 4.99 Å². The van der Waals surface area contributed by atoms with Gasteiger partial charge in [-0.25, -0.2) is 0 Å². The summed E-state index contributed by atoms with van der Waals surface area (Å²) in [7, 11) is 0. The van der Waals surface area contributed by atoms with E-state index < -0.39 is 0 Å². The summed E-state index contributed by atoms with van der Waals surface area (Å²) >= 11 is 0. The lowest BCUT2D eigenvalue weighted by Gasteiger charge is -2.11. The Balaban J connectivity index is 1.25. The van der Waals surface area contributed by atoms with E-state index in [1.807, 2.05) is 28.8 Å². The number of rotatable bonds is 8. The Kier molecular flexibility index (Phi) is 6.24. The fraction of sp³-hybridized carbons (Fsp3) is 0.409. The molecule has 0 aliphatic carbocycles. The Hall–Kier alpha value is -3.09. The van der Waals surface area contributed by atoms with Gasteiger partial charge >= 0.3 is 0 Å². The van der Waals surface area contributed by atoms with Crippen LogP contribution in [0.3, 0.4) is 0 Å². The van der Waals surface area contributed by atoms with E-state index in [-0.39, 0.29) is 0 Å². The Morgan fingerprint density at radius 1 is 1.17 bits per heavy atom. The van der Waals surface area contributed by atoms with Gasteiger partial charge in [0.05, 0.1) is 6.61 Å². The van der Waals surface area contributed by atoms with E-state index in [9.17, 15) is 0 Å². The van der Waals surface area contributed by atoms with Gasteiger partial charge in [-0.15, -0.1) is 10.2 Å². The minimum atomic E-state index is 0.743. The van der Waals surface area contributed by atoms with E-state index >= 15 is 0 Å². The maximum absolute atomic E-state index is 5.58. The SMILES string of the molecule is CCNC(=NCCCc1nnc2ccccn12)NCCc1ccc2c(c1)CCO2. The predicted octanol–water partition coefficient (Wildman–Crippen LogP) is 2.39. The molecule has 152 valence electrons. The first-order valence-corrected chi connectivity index (χ1v) is 10.4. The molecular formula is C22H28N6O. The molecule has 0 bridgehead atoms. The number of nitrogens with zero attached hydrogens (tertiary/aromatic N) is 4. The van der Waals surface area contributed by atoms with Crippen LogP contribution in [0.2, 0.25) is 0 Å². The van der Waals surface area contributed by atoms with E-state index in [4.69, 9.17) is 9.73 Å². The number of aryl methyl sites for hydroxylation is 1. The fourth-order valence-corrected chi connectivity index (χ4v) is 3.55. The van der Waals surface area contributed by atoms with Gasteiger partial charge < -0.3 is 15.4 Å². The minimum absolute atomic E-state index is 0.743. The second kappa shape index (κ2) is 9.41. The Morgan fingerprint density at radius 3 is 3.07 bits per heavy atom. The van der Waals surface area contributed by atoms with Crippen molar-refractivity contribution in [1.29, 1.82) is 0 Å². The molecule has 4 rings (SSSR count). The summed E-state index contributed by atoms with van der Waals surface area (Å²) in [6.45, 7) is 5.32. The summed E-state index contributed by atoms with van der Waals surface area (Å²) in [6, 6.07) is 12.4. The predicted molar refractivity (Wildman–Crippen MR) is 115 cm³/mol. The van der Waals surface area contributed by atoms with Crippen LogP contribution in [0.25, 0.3) is 5.65 Å². The van der Waals surface area contributed by atoms with E-state index in [1.54, 1.807) is 0 Å². The largest absolute Gasteiger partial charge is 0.493 e. The fourth-order valence-electron chi connectivity index (χ4n) is 3.55. The highest BCUT2D eigenvalue weighted by atomic mass is 16.5. The van der Waals surface area contributed by atoms with Gasteiger partial charge in [-0.2, -0.15) is 0 Å². The molecule has 0 fully saturated rings. The van der Waals surface area contributed by atoms with Crippen LogP contribution in [0.4, 0.5) is 0 Å². The van der Waals surface area contributed by atoms with Crippen molar-refractivity contribution in [3.05, 3.63) is 59.5 Å². The molecular weight excluding hydrogens is 364 g/mol. The summed E-state index contributed by atoms with van der Waals surface area (Å²) < 4.78 is 7.62. The maximum atomic E-state index is 5.58. The second-order valence-electron chi connectivity index (χ2n) is 7.13. The molecule has 3 aromatic rings. The zero-order valence-electron chi connectivity index (χ0n) is 16.9. The van der Waals surface area contributed by atoms with Gasteiger partial charge in [0.1, 0.15) is 11.6 Å². The quantitative estimate of drug-likeness (QED) is 0.350. The number of aliphatic imine (C=N–C) groups is 1. The van der Waals surface area contributed by atoms with Crippen LogP contribution >= 0.6 is 0 Å². The molecule has 7 nitrogen and oxygen atoms in total. The topological polar surface area (TPSA) is 75.8 Å². The third-order valence-corrected chi connectivity index (χ3v) is 5.02. The standard InChI is InChI=1S/C22H28N6O/c1-2-23-22(25-13-10-17-8-9-19-18(16-17)11-15-29-19)24-12-5-7-21-27-26-20-6-3-4-14-28(20)21/h3-4,6,8-9,14,16H,2,5,7,10-13,15H2,1H3,(H2,23,24,25). The van der Waals surface area contributed by atoms with Gasteiger partial charge in [-0.3, -0.25) is 9.39 Å². The van der Waals surface area contributed by atoms with Crippen molar-refractivity contribution < 1.29 is 4.74 Å². The molecule has 2 N–H and O–H groups in total. The van der Waals surface area contributed by atoms with Crippen molar-refractivity contribution >= 4 is 11.6 Å². The molecule has 1 aliphatic heterocycles. The lowest BCUT2D eigenvalue weighted by molar-refractivity contribution is 0.357. The molecule has 7 heteroatoms. The first-order chi connectivity index (χ1) is 14.3. The van der Waals surface area contributed by atoms with Crippen molar-refractivity contribution in [2.75, 3.05) is 26.2 Å². The van der Waals surface area contributed by atoms with Crippen LogP contribution in [0.15, 0.2) is 47.6 Å². The first kappa shape index (κ1) is 19.2. The molecule has 0 radical (unpaired) electrons. The van der Waals surface area contributed by atoms with Crippen LogP contribution in [0.1, 0.15) is 30.3 Å². The number of hydrogen-bond acceptors (Lipinski definition) is 4. The molecule has 0 unspecified atom stereocenters. The molecule has 29 heavy (non-hydrogen) atoms. The van der Waals surface area contributed by atoms with Crippen LogP contribution in [-0.2, 0) is 19.3 Å². The van der Waals surface area contributed by atoms with Crippen molar-refractivity contribution in [1.82, 2.24) is 25.2 Å². The van der Waals surface area contributed by atoms with Crippen LogP contribution < -0.4 is 15.4 Å². The number of benzene rings is 1. The molecule has 3 heterocycles. The molecule has 0 saturated heterocycles. The van der Waals surface area contributed by atoms with Gasteiger partial charge in [-0.05, 0) is 49.1 Å². The molecule has 1 aromatic carbocycles. The Labute approximate surface area is 171 Å². The molecule has 0 saturated carbocycles. The number of ether oxygens (including phenoxy) is 1. The van der Waals surface area contributed by atoms with Gasteiger partial charge in [0.25, 0.3) is 0 Å². The number of aromatic nitrogens is 3.